The largest absolute Gasteiger partial charge is 0.384 e. The van der Waals surface area contributed by atoms with Gasteiger partial charge in [0.15, 0.2) is 0 Å². The van der Waals surface area contributed by atoms with E-state index in [1.165, 1.54) is 5.56 Å². The normalized spacial score (nSPS) is 27.4. The average molecular weight is 256 g/mol. The first-order valence-electron chi connectivity index (χ1n) is 6.95. The summed E-state index contributed by atoms with van der Waals surface area (Å²) in [6, 6.07) is 12.6. The Morgan fingerprint density at radius 1 is 1.16 bits per heavy atom. The molecule has 3 heteroatoms. The first-order chi connectivity index (χ1) is 9.19. The fourth-order valence-electron chi connectivity index (χ4n) is 3.24. The Labute approximate surface area is 113 Å². The first kappa shape index (κ1) is 12.4. The van der Waals surface area contributed by atoms with Gasteiger partial charge < -0.3 is 5.11 Å². The first-order valence-corrected chi connectivity index (χ1v) is 6.95. The molecule has 1 heterocycles. The molecule has 0 aliphatic heterocycles. The van der Waals surface area contributed by atoms with Gasteiger partial charge in [0.1, 0.15) is 5.60 Å². The van der Waals surface area contributed by atoms with Crippen molar-refractivity contribution >= 4 is 0 Å². The van der Waals surface area contributed by atoms with E-state index in [9.17, 15) is 5.11 Å². The maximum Gasteiger partial charge on any atom is 0.106 e. The van der Waals surface area contributed by atoms with Crippen LogP contribution in [0.2, 0.25) is 0 Å². The van der Waals surface area contributed by atoms with E-state index in [4.69, 9.17) is 0 Å². The summed E-state index contributed by atoms with van der Waals surface area (Å²) in [6.07, 6.45) is 5.45. The number of nitrogens with zero attached hydrogens (tertiary/aromatic N) is 2. The number of hydrogen-bond acceptors (Lipinski definition) is 2. The zero-order valence-corrected chi connectivity index (χ0v) is 11.3. The minimum absolute atomic E-state index is 0.578. The van der Waals surface area contributed by atoms with Gasteiger partial charge in [-0.15, -0.1) is 0 Å². The lowest BCUT2D eigenvalue weighted by atomic mass is 9.75. The van der Waals surface area contributed by atoms with E-state index >= 15 is 0 Å². The number of hydrogen-bond donors (Lipinski definition) is 1. The maximum atomic E-state index is 10.8. The molecule has 3 rings (SSSR count). The predicted molar refractivity (Wildman–Crippen MR) is 74.8 cm³/mol. The third kappa shape index (κ3) is 2.30. The second kappa shape index (κ2) is 4.82. The van der Waals surface area contributed by atoms with Gasteiger partial charge in [-0.3, -0.25) is 4.68 Å². The van der Waals surface area contributed by atoms with Crippen LogP contribution in [-0.2, 0) is 12.6 Å². The molecule has 0 bridgehead atoms. The number of aryl methyl sites for hydroxylation is 1. The molecule has 1 N–H and O–H groups in total. The van der Waals surface area contributed by atoms with Crippen molar-refractivity contribution in [3.05, 3.63) is 53.9 Å². The molecule has 1 aliphatic rings. The van der Waals surface area contributed by atoms with E-state index in [1.54, 1.807) is 10.9 Å². The lowest BCUT2D eigenvalue weighted by molar-refractivity contribution is -0.0128. The van der Waals surface area contributed by atoms with Crippen molar-refractivity contribution < 1.29 is 5.11 Å². The van der Waals surface area contributed by atoms with Crippen LogP contribution in [0, 0.1) is 0 Å². The Kier molecular flexibility index (Phi) is 3.15. The summed E-state index contributed by atoms with van der Waals surface area (Å²) in [6.45, 7) is 0. The lowest BCUT2D eigenvalue weighted by Crippen LogP contribution is -2.33. The SMILES string of the molecule is Cn1nccc1C1(O)CCC(c2ccccc2)CC1. The summed E-state index contributed by atoms with van der Waals surface area (Å²) in [4.78, 5) is 0. The summed E-state index contributed by atoms with van der Waals surface area (Å²) in [7, 11) is 1.90. The Balaban J connectivity index is 1.75. The van der Waals surface area contributed by atoms with Crippen molar-refractivity contribution in [3.63, 3.8) is 0 Å². The molecule has 0 unspecified atom stereocenters. The van der Waals surface area contributed by atoms with Crippen molar-refractivity contribution in [2.24, 2.45) is 7.05 Å². The zero-order chi connectivity index (χ0) is 13.3. The summed E-state index contributed by atoms with van der Waals surface area (Å²) in [5.41, 5.74) is 1.64. The van der Waals surface area contributed by atoms with Gasteiger partial charge in [-0.05, 0) is 43.2 Å². The highest BCUT2D eigenvalue weighted by molar-refractivity contribution is 5.22. The summed E-state index contributed by atoms with van der Waals surface area (Å²) < 4.78 is 1.79. The van der Waals surface area contributed by atoms with Gasteiger partial charge in [0.05, 0.1) is 5.69 Å². The standard InChI is InChI=1S/C16H20N2O/c1-18-15(9-12-17-18)16(19)10-7-14(8-11-16)13-5-3-2-4-6-13/h2-6,9,12,14,19H,7-8,10-11H2,1H3. The number of aromatic nitrogens is 2. The second-order valence-electron chi connectivity index (χ2n) is 5.56. The van der Waals surface area contributed by atoms with Crippen LogP contribution < -0.4 is 0 Å². The molecule has 1 aromatic heterocycles. The van der Waals surface area contributed by atoms with E-state index in [0.717, 1.165) is 31.4 Å². The van der Waals surface area contributed by atoms with Crippen molar-refractivity contribution in [2.75, 3.05) is 0 Å². The van der Waals surface area contributed by atoms with Crippen molar-refractivity contribution in [1.82, 2.24) is 9.78 Å². The molecular formula is C16H20N2O. The summed E-state index contributed by atoms with van der Waals surface area (Å²) >= 11 is 0. The molecule has 1 fully saturated rings. The molecule has 100 valence electrons. The fraction of sp³-hybridized carbons (Fsp3) is 0.438. The predicted octanol–water partition coefficient (Wildman–Crippen LogP) is 2.97. The molecule has 1 aliphatic carbocycles. The molecule has 0 atom stereocenters. The highest BCUT2D eigenvalue weighted by Crippen LogP contribution is 2.42. The van der Waals surface area contributed by atoms with Crippen LogP contribution in [-0.4, -0.2) is 14.9 Å². The van der Waals surface area contributed by atoms with Crippen LogP contribution in [0.3, 0.4) is 0 Å². The van der Waals surface area contributed by atoms with Crippen LogP contribution in [0.4, 0.5) is 0 Å². The molecule has 2 aromatic rings. The zero-order valence-electron chi connectivity index (χ0n) is 11.3. The quantitative estimate of drug-likeness (QED) is 0.897. The van der Waals surface area contributed by atoms with Gasteiger partial charge in [0, 0.05) is 13.2 Å². The monoisotopic (exact) mass is 256 g/mol. The average Bonchev–Trinajstić information content (AvgIpc) is 2.88. The minimum atomic E-state index is -0.698. The highest BCUT2D eigenvalue weighted by atomic mass is 16.3. The molecule has 3 nitrogen and oxygen atoms in total. The molecule has 0 spiro atoms. The van der Waals surface area contributed by atoms with Crippen molar-refractivity contribution in [3.8, 4) is 0 Å². The van der Waals surface area contributed by atoms with E-state index in [0.29, 0.717) is 5.92 Å². The fourth-order valence-corrected chi connectivity index (χ4v) is 3.24. The van der Waals surface area contributed by atoms with E-state index in [-0.39, 0.29) is 0 Å². The van der Waals surface area contributed by atoms with Crippen LogP contribution in [0.15, 0.2) is 42.6 Å². The summed E-state index contributed by atoms with van der Waals surface area (Å²) in [5, 5.41) is 15.0. The smallest absolute Gasteiger partial charge is 0.106 e. The topological polar surface area (TPSA) is 38.0 Å². The third-order valence-electron chi connectivity index (χ3n) is 4.38. The van der Waals surface area contributed by atoms with Crippen molar-refractivity contribution in [1.29, 1.82) is 0 Å². The van der Waals surface area contributed by atoms with Crippen molar-refractivity contribution in [2.45, 2.75) is 37.2 Å². The highest BCUT2D eigenvalue weighted by Gasteiger charge is 2.37. The summed E-state index contributed by atoms with van der Waals surface area (Å²) in [5.74, 6) is 0.578. The van der Waals surface area contributed by atoms with Gasteiger partial charge in [-0.2, -0.15) is 5.10 Å². The molecular weight excluding hydrogens is 236 g/mol. The van der Waals surface area contributed by atoms with E-state index in [2.05, 4.69) is 35.4 Å². The Morgan fingerprint density at radius 3 is 2.42 bits per heavy atom. The van der Waals surface area contributed by atoms with Crippen LogP contribution >= 0.6 is 0 Å². The minimum Gasteiger partial charge on any atom is -0.384 e. The van der Waals surface area contributed by atoms with Crippen LogP contribution in [0.1, 0.15) is 42.9 Å². The van der Waals surface area contributed by atoms with Crippen LogP contribution in [0.5, 0.6) is 0 Å². The van der Waals surface area contributed by atoms with Gasteiger partial charge in [0.25, 0.3) is 0 Å². The maximum absolute atomic E-state index is 10.8. The molecule has 19 heavy (non-hydrogen) atoms. The Bertz CT molecular complexity index is 539. The van der Waals surface area contributed by atoms with Crippen LogP contribution in [0.25, 0.3) is 0 Å². The number of rotatable bonds is 2. The second-order valence-corrected chi connectivity index (χ2v) is 5.56. The lowest BCUT2D eigenvalue weighted by Gasteiger charge is -2.36. The van der Waals surface area contributed by atoms with E-state index in [1.807, 2.05) is 13.1 Å². The molecule has 0 amide bonds. The van der Waals surface area contributed by atoms with Gasteiger partial charge in [-0.25, -0.2) is 0 Å². The Hall–Kier alpha value is -1.61. The Morgan fingerprint density at radius 2 is 1.84 bits per heavy atom. The number of aliphatic hydroxyl groups is 1. The third-order valence-corrected chi connectivity index (χ3v) is 4.38. The molecule has 0 radical (unpaired) electrons. The van der Waals surface area contributed by atoms with E-state index < -0.39 is 5.60 Å². The molecule has 1 saturated carbocycles. The van der Waals surface area contributed by atoms with Gasteiger partial charge in [-0.1, -0.05) is 30.3 Å². The number of benzene rings is 1. The van der Waals surface area contributed by atoms with Gasteiger partial charge in [0.2, 0.25) is 0 Å². The van der Waals surface area contributed by atoms with Gasteiger partial charge >= 0.3 is 0 Å². The molecule has 0 saturated heterocycles. The molecule has 1 aromatic carbocycles.